The Hall–Kier alpha value is -2.94. The highest BCUT2D eigenvalue weighted by molar-refractivity contribution is 6.16. The Labute approximate surface area is 123 Å². The first-order valence-electron chi connectivity index (χ1n) is 6.86. The minimum atomic E-state index is 0.961. The molecule has 1 aromatic carbocycles. The molecule has 2 aliphatic heterocycles. The second kappa shape index (κ2) is 4.87. The molecule has 0 unspecified atom stereocenters. The summed E-state index contributed by atoms with van der Waals surface area (Å²) in [7, 11) is 0. The number of allylic oxidation sites excluding steroid dienone is 4. The van der Waals surface area contributed by atoms with Crippen molar-refractivity contribution in [3.05, 3.63) is 90.1 Å². The van der Waals surface area contributed by atoms with Gasteiger partial charge in [-0.25, -0.2) is 0 Å². The Balaban J connectivity index is 1.83. The number of aromatic nitrogens is 1. The molecule has 21 heavy (non-hydrogen) atoms. The highest BCUT2D eigenvalue weighted by Gasteiger charge is 2.19. The van der Waals surface area contributed by atoms with Crippen LogP contribution in [0.5, 0.6) is 0 Å². The van der Waals surface area contributed by atoms with E-state index in [-0.39, 0.29) is 0 Å². The van der Waals surface area contributed by atoms with E-state index in [1.807, 2.05) is 54.9 Å². The number of nitrogens with zero attached hydrogens (tertiary/aromatic N) is 3. The lowest BCUT2D eigenvalue weighted by Gasteiger charge is -2.11. The second-order valence-electron chi connectivity index (χ2n) is 4.83. The normalized spacial score (nSPS) is 19.5. The van der Waals surface area contributed by atoms with Gasteiger partial charge in [-0.1, -0.05) is 18.2 Å². The van der Waals surface area contributed by atoms with Crippen molar-refractivity contribution in [1.82, 2.24) is 4.57 Å². The van der Waals surface area contributed by atoms with Crippen LogP contribution < -0.4 is 0 Å². The Bertz CT molecular complexity index is 816. The van der Waals surface area contributed by atoms with Crippen LogP contribution in [-0.4, -0.2) is 16.5 Å². The first kappa shape index (κ1) is 11.9. The summed E-state index contributed by atoms with van der Waals surface area (Å²) in [4.78, 5) is 8.92. The molecule has 2 aliphatic rings. The molecule has 4 rings (SSSR count). The van der Waals surface area contributed by atoms with Crippen molar-refractivity contribution < 1.29 is 0 Å². The van der Waals surface area contributed by atoms with Crippen LogP contribution in [0.15, 0.2) is 94.3 Å². The summed E-state index contributed by atoms with van der Waals surface area (Å²) in [6, 6.07) is 14.4. The van der Waals surface area contributed by atoms with Crippen LogP contribution in [0.25, 0.3) is 5.69 Å². The number of aliphatic imine (C=N–C) groups is 2. The van der Waals surface area contributed by atoms with E-state index in [2.05, 4.69) is 38.9 Å². The molecule has 3 heterocycles. The second-order valence-corrected chi connectivity index (χ2v) is 4.83. The monoisotopic (exact) mass is 271 g/mol. The Morgan fingerprint density at radius 2 is 1.81 bits per heavy atom. The smallest absolute Gasteiger partial charge is 0.0964 e. The predicted molar refractivity (Wildman–Crippen MR) is 86.1 cm³/mol. The molecule has 1 aromatic heterocycles. The van der Waals surface area contributed by atoms with Crippen LogP contribution in [0.3, 0.4) is 0 Å². The van der Waals surface area contributed by atoms with Crippen LogP contribution >= 0.6 is 0 Å². The fourth-order valence-electron chi connectivity index (χ4n) is 2.59. The number of benzene rings is 1. The van der Waals surface area contributed by atoms with Gasteiger partial charge in [0.2, 0.25) is 0 Å². The van der Waals surface area contributed by atoms with Crippen molar-refractivity contribution in [2.24, 2.45) is 9.98 Å². The molecular weight excluding hydrogens is 258 g/mol. The van der Waals surface area contributed by atoms with Crippen LogP contribution in [0.4, 0.5) is 0 Å². The van der Waals surface area contributed by atoms with E-state index >= 15 is 0 Å². The Morgan fingerprint density at radius 1 is 0.905 bits per heavy atom. The van der Waals surface area contributed by atoms with Gasteiger partial charge in [-0.2, -0.15) is 0 Å². The quantitative estimate of drug-likeness (QED) is 0.797. The molecule has 0 fully saturated rings. The molecule has 0 saturated heterocycles. The van der Waals surface area contributed by atoms with Crippen LogP contribution in [0, 0.1) is 0 Å². The van der Waals surface area contributed by atoms with Gasteiger partial charge in [-0.05, 0) is 42.5 Å². The van der Waals surface area contributed by atoms with Crippen LogP contribution in [0.2, 0.25) is 0 Å². The first-order chi connectivity index (χ1) is 10.4. The third-order valence-corrected chi connectivity index (χ3v) is 3.56. The number of para-hydroxylation sites is 1. The molecule has 0 radical (unpaired) electrons. The maximum atomic E-state index is 4.54. The van der Waals surface area contributed by atoms with Crippen molar-refractivity contribution in [3.8, 4) is 5.69 Å². The minimum Gasteiger partial charge on any atom is -0.315 e. The van der Waals surface area contributed by atoms with Crippen molar-refractivity contribution in [1.29, 1.82) is 0 Å². The van der Waals surface area contributed by atoms with Crippen LogP contribution in [0.1, 0.15) is 5.69 Å². The Kier molecular flexibility index (Phi) is 2.75. The third-order valence-electron chi connectivity index (χ3n) is 3.56. The van der Waals surface area contributed by atoms with Gasteiger partial charge in [0, 0.05) is 29.9 Å². The summed E-state index contributed by atoms with van der Waals surface area (Å²) >= 11 is 0. The molecule has 0 amide bonds. The zero-order valence-electron chi connectivity index (χ0n) is 11.3. The fraction of sp³-hybridized carbons (Fsp3) is 0. The van der Waals surface area contributed by atoms with Gasteiger partial charge in [0.25, 0.3) is 0 Å². The van der Waals surface area contributed by atoms with Crippen molar-refractivity contribution in [2.45, 2.75) is 0 Å². The maximum absolute atomic E-state index is 4.54. The van der Waals surface area contributed by atoms with Gasteiger partial charge >= 0.3 is 0 Å². The van der Waals surface area contributed by atoms with Gasteiger partial charge in [0.1, 0.15) is 0 Å². The molecule has 0 saturated carbocycles. The molecular formula is C18H13N3. The number of hydrogen-bond donors (Lipinski definition) is 0. The number of hydrogen-bond acceptors (Lipinski definition) is 2. The van der Waals surface area contributed by atoms with Crippen LogP contribution in [-0.2, 0) is 0 Å². The largest absolute Gasteiger partial charge is 0.315 e. The molecule has 0 aliphatic carbocycles. The summed E-state index contributed by atoms with van der Waals surface area (Å²) < 4.78 is 2.15. The standard InChI is InChI=1S/C18H13N3/c1-2-6-14(7-3-1)21-13-5-9-17(21)18-15(10-12-20-18)16-8-4-11-19-16/h1-13H. The molecule has 2 aromatic rings. The highest BCUT2D eigenvalue weighted by Crippen LogP contribution is 2.24. The van der Waals surface area contributed by atoms with E-state index in [4.69, 9.17) is 0 Å². The Morgan fingerprint density at radius 3 is 2.62 bits per heavy atom. The van der Waals surface area contributed by atoms with E-state index in [9.17, 15) is 0 Å². The lowest BCUT2D eigenvalue weighted by atomic mass is 10.1. The summed E-state index contributed by atoms with van der Waals surface area (Å²) in [5.41, 5.74) is 5.19. The van der Waals surface area contributed by atoms with Gasteiger partial charge in [0.15, 0.2) is 0 Å². The fourth-order valence-corrected chi connectivity index (χ4v) is 2.59. The molecule has 3 nitrogen and oxygen atoms in total. The first-order valence-corrected chi connectivity index (χ1v) is 6.86. The molecule has 0 N–H and O–H groups in total. The molecule has 0 atom stereocenters. The average Bonchev–Trinajstić information content (AvgIpc) is 3.27. The van der Waals surface area contributed by atoms with Gasteiger partial charge in [-0.15, -0.1) is 0 Å². The topological polar surface area (TPSA) is 29.6 Å². The summed E-state index contributed by atoms with van der Waals surface area (Å²) in [5, 5.41) is 0. The van der Waals surface area contributed by atoms with E-state index < -0.39 is 0 Å². The van der Waals surface area contributed by atoms with Gasteiger partial charge < -0.3 is 4.57 Å². The predicted octanol–water partition coefficient (Wildman–Crippen LogP) is 3.69. The lowest BCUT2D eigenvalue weighted by molar-refractivity contribution is 1.06. The minimum absolute atomic E-state index is 0.961. The van der Waals surface area contributed by atoms with Crippen molar-refractivity contribution in [3.63, 3.8) is 0 Å². The van der Waals surface area contributed by atoms with Crippen molar-refractivity contribution >= 4 is 11.9 Å². The van der Waals surface area contributed by atoms with Gasteiger partial charge in [-0.3, -0.25) is 9.98 Å². The summed E-state index contributed by atoms with van der Waals surface area (Å²) in [5.74, 6) is 0. The highest BCUT2D eigenvalue weighted by atomic mass is 15.0. The van der Waals surface area contributed by atoms with Gasteiger partial charge in [0.05, 0.1) is 17.1 Å². The molecule has 100 valence electrons. The average molecular weight is 271 g/mol. The summed E-state index contributed by atoms with van der Waals surface area (Å²) in [6.07, 6.45) is 11.7. The third kappa shape index (κ3) is 1.99. The van der Waals surface area contributed by atoms with E-state index in [0.717, 1.165) is 28.4 Å². The zero-order valence-corrected chi connectivity index (χ0v) is 11.3. The molecule has 0 bridgehead atoms. The summed E-state index contributed by atoms with van der Waals surface area (Å²) in [6.45, 7) is 0. The molecule has 3 heteroatoms. The van der Waals surface area contributed by atoms with E-state index in [0.29, 0.717) is 0 Å². The maximum Gasteiger partial charge on any atom is 0.0964 e. The zero-order chi connectivity index (χ0) is 14.1. The van der Waals surface area contributed by atoms with Crippen molar-refractivity contribution in [2.75, 3.05) is 0 Å². The van der Waals surface area contributed by atoms with E-state index in [1.54, 1.807) is 0 Å². The SMILES string of the molecule is C1=CC(=C2C=CN=C2c2cccn2-c2ccccc2)N=C1. The lowest BCUT2D eigenvalue weighted by Crippen LogP contribution is -2.09. The van der Waals surface area contributed by atoms with E-state index in [1.165, 1.54) is 0 Å². The molecule has 0 spiro atoms. The number of rotatable bonds is 2.